The van der Waals surface area contributed by atoms with E-state index in [4.69, 9.17) is 5.11 Å². The normalized spacial score (nSPS) is 12.8. The van der Waals surface area contributed by atoms with Crippen LogP contribution in [0, 0.1) is 11.7 Å². The molecule has 1 rings (SSSR count). The summed E-state index contributed by atoms with van der Waals surface area (Å²) in [5, 5.41) is 11.9. The Morgan fingerprint density at radius 3 is 2.88 bits per heavy atom. The van der Waals surface area contributed by atoms with Gasteiger partial charge in [-0.1, -0.05) is 28.9 Å². The van der Waals surface area contributed by atoms with E-state index in [1.165, 1.54) is 6.07 Å². The molecule has 0 amide bonds. The van der Waals surface area contributed by atoms with Crippen LogP contribution >= 0.6 is 15.9 Å². The largest absolute Gasteiger partial charge is 0.396 e. The Morgan fingerprint density at radius 2 is 2.25 bits per heavy atom. The Balaban J connectivity index is 2.37. The Morgan fingerprint density at radius 1 is 1.50 bits per heavy atom. The van der Waals surface area contributed by atoms with E-state index in [1.807, 2.05) is 6.07 Å². The monoisotopic (exact) mass is 289 g/mol. The molecular weight excluding hydrogens is 273 g/mol. The summed E-state index contributed by atoms with van der Waals surface area (Å²) in [6, 6.07) is 5.06. The second-order valence-electron chi connectivity index (χ2n) is 3.98. The summed E-state index contributed by atoms with van der Waals surface area (Å²) < 4.78 is 14.2. The van der Waals surface area contributed by atoms with Crippen LogP contribution in [0.25, 0.3) is 0 Å². The van der Waals surface area contributed by atoms with E-state index in [-0.39, 0.29) is 12.4 Å². The van der Waals surface area contributed by atoms with Gasteiger partial charge in [0.15, 0.2) is 0 Å². The van der Waals surface area contributed by atoms with Crippen LogP contribution in [0.15, 0.2) is 22.7 Å². The summed E-state index contributed by atoms with van der Waals surface area (Å²) in [7, 11) is 0. The minimum absolute atomic E-state index is 0.198. The molecule has 90 valence electrons. The molecule has 1 unspecified atom stereocenters. The molecule has 1 aromatic rings. The molecule has 0 aliphatic rings. The van der Waals surface area contributed by atoms with Crippen molar-refractivity contribution in [2.45, 2.75) is 19.9 Å². The maximum atomic E-state index is 13.4. The van der Waals surface area contributed by atoms with E-state index < -0.39 is 0 Å². The molecule has 1 atom stereocenters. The molecule has 0 fully saturated rings. The molecule has 0 aliphatic carbocycles. The molecule has 0 aliphatic heterocycles. The average molecular weight is 290 g/mol. The van der Waals surface area contributed by atoms with Crippen LogP contribution in [0.5, 0.6) is 0 Å². The lowest BCUT2D eigenvalue weighted by molar-refractivity contribution is 0.260. The first-order chi connectivity index (χ1) is 7.63. The quantitative estimate of drug-likeness (QED) is 0.844. The summed E-state index contributed by atoms with van der Waals surface area (Å²) >= 11 is 3.22. The van der Waals surface area contributed by atoms with Crippen molar-refractivity contribution in [2.24, 2.45) is 5.92 Å². The van der Waals surface area contributed by atoms with Crippen LogP contribution in [0.3, 0.4) is 0 Å². The maximum absolute atomic E-state index is 13.4. The van der Waals surface area contributed by atoms with Gasteiger partial charge in [0.25, 0.3) is 0 Å². The van der Waals surface area contributed by atoms with E-state index >= 15 is 0 Å². The third-order valence-electron chi connectivity index (χ3n) is 2.45. The fourth-order valence-corrected chi connectivity index (χ4v) is 1.77. The molecule has 16 heavy (non-hydrogen) atoms. The van der Waals surface area contributed by atoms with Crippen LogP contribution < -0.4 is 5.32 Å². The second kappa shape index (κ2) is 6.99. The van der Waals surface area contributed by atoms with Crippen molar-refractivity contribution in [3.63, 3.8) is 0 Å². The van der Waals surface area contributed by atoms with Crippen molar-refractivity contribution in [1.82, 2.24) is 5.32 Å². The van der Waals surface area contributed by atoms with Crippen molar-refractivity contribution in [1.29, 1.82) is 0 Å². The highest BCUT2D eigenvalue weighted by molar-refractivity contribution is 9.10. The zero-order chi connectivity index (χ0) is 12.0. The molecular formula is C12H17BrFNO. The molecule has 0 radical (unpaired) electrons. The van der Waals surface area contributed by atoms with E-state index in [2.05, 4.69) is 28.2 Å². The summed E-state index contributed by atoms with van der Waals surface area (Å²) in [5.74, 6) is 0.209. The highest BCUT2D eigenvalue weighted by Crippen LogP contribution is 2.15. The van der Waals surface area contributed by atoms with Crippen LogP contribution in [-0.4, -0.2) is 18.3 Å². The van der Waals surface area contributed by atoms with Gasteiger partial charge in [-0.3, -0.25) is 0 Å². The highest BCUT2D eigenvalue weighted by atomic mass is 79.9. The Labute approximate surface area is 104 Å². The minimum atomic E-state index is -0.198. The lowest BCUT2D eigenvalue weighted by Gasteiger charge is -2.11. The van der Waals surface area contributed by atoms with Gasteiger partial charge in [-0.2, -0.15) is 0 Å². The SMILES string of the molecule is CC(CCO)CNCc1ccc(Br)cc1F. The number of rotatable bonds is 6. The highest BCUT2D eigenvalue weighted by Gasteiger charge is 2.04. The van der Waals surface area contributed by atoms with Crippen molar-refractivity contribution in [3.05, 3.63) is 34.1 Å². The standard InChI is InChI=1S/C12H17BrFNO/c1-9(4-5-16)7-15-8-10-2-3-11(13)6-12(10)14/h2-3,6,9,15-16H,4-5,7-8H2,1H3. The van der Waals surface area contributed by atoms with Gasteiger partial charge < -0.3 is 10.4 Å². The molecule has 0 aromatic heterocycles. The molecule has 2 N–H and O–H groups in total. The summed E-state index contributed by atoms with van der Waals surface area (Å²) in [5.41, 5.74) is 0.666. The van der Waals surface area contributed by atoms with Crippen molar-refractivity contribution in [2.75, 3.05) is 13.2 Å². The van der Waals surface area contributed by atoms with Crippen LogP contribution in [-0.2, 0) is 6.54 Å². The van der Waals surface area contributed by atoms with Crippen molar-refractivity contribution in [3.8, 4) is 0 Å². The molecule has 1 aromatic carbocycles. The lowest BCUT2D eigenvalue weighted by atomic mass is 10.1. The number of aliphatic hydroxyl groups excluding tert-OH is 1. The van der Waals surface area contributed by atoms with E-state index in [0.29, 0.717) is 18.0 Å². The number of hydrogen-bond donors (Lipinski definition) is 2. The maximum Gasteiger partial charge on any atom is 0.128 e. The van der Waals surface area contributed by atoms with Gasteiger partial charge in [-0.15, -0.1) is 0 Å². The Bertz CT molecular complexity index is 333. The topological polar surface area (TPSA) is 32.3 Å². The number of nitrogens with one attached hydrogen (secondary N) is 1. The van der Waals surface area contributed by atoms with Gasteiger partial charge >= 0.3 is 0 Å². The molecule has 0 saturated carbocycles. The molecule has 4 heteroatoms. The Kier molecular flexibility index (Phi) is 5.95. The predicted molar refractivity (Wildman–Crippen MR) is 66.7 cm³/mol. The van der Waals surface area contributed by atoms with Gasteiger partial charge in [0.05, 0.1) is 0 Å². The fourth-order valence-electron chi connectivity index (χ4n) is 1.44. The minimum Gasteiger partial charge on any atom is -0.396 e. The van der Waals surface area contributed by atoms with Crippen molar-refractivity contribution >= 4 is 15.9 Å². The van der Waals surface area contributed by atoms with Gasteiger partial charge in [0.1, 0.15) is 5.82 Å². The van der Waals surface area contributed by atoms with Gasteiger partial charge in [0, 0.05) is 23.2 Å². The first-order valence-corrected chi connectivity index (χ1v) is 6.18. The molecule has 0 bridgehead atoms. The first kappa shape index (κ1) is 13.6. The first-order valence-electron chi connectivity index (χ1n) is 5.39. The Hall–Kier alpha value is -0.450. The van der Waals surface area contributed by atoms with Crippen LogP contribution in [0.4, 0.5) is 4.39 Å². The molecule has 2 nitrogen and oxygen atoms in total. The number of halogens is 2. The summed E-state index contributed by atoms with van der Waals surface area (Å²) in [6.45, 7) is 3.57. The van der Waals surface area contributed by atoms with Crippen molar-refractivity contribution < 1.29 is 9.50 Å². The zero-order valence-corrected chi connectivity index (χ0v) is 10.9. The van der Waals surface area contributed by atoms with E-state index in [1.54, 1.807) is 6.07 Å². The molecule has 0 spiro atoms. The summed E-state index contributed by atoms with van der Waals surface area (Å²) in [6.07, 6.45) is 0.774. The fraction of sp³-hybridized carbons (Fsp3) is 0.500. The number of benzene rings is 1. The second-order valence-corrected chi connectivity index (χ2v) is 4.90. The van der Waals surface area contributed by atoms with Gasteiger partial charge in [-0.05, 0) is 31.0 Å². The van der Waals surface area contributed by atoms with Crippen LogP contribution in [0.2, 0.25) is 0 Å². The molecule has 0 heterocycles. The number of aliphatic hydroxyl groups is 1. The van der Waals surface area contributed by atoms with Gasteiger partial charge in [-0.25, -0.2) is 4.39 Å². The smallest absolute Gasteiger partial charge is 0.128 e. The molecule has 0 saturated heterocycles. The summed E-state index contributed by atoms with van der Waals surface area (Å²) in [4.78, 5) is 0. The number of hydrogen-bond acceptors (Lipinski definition) is 2. The zero-order valence-electron chi connectivity index (χ0n) is 9.34. The average Bonchev–Trinajstić information content (AvgIpc) is 2.22. The van der Waals surface area contributed by atoms with Crippen LogP contribution in [0.1, 0.15) is 18.9 Å². The van der Waals surface area contributed by atoms with Gasteiger partial charge in [0.2, 0.25) is 0 Å². The van der Waals surface area contributed by atoms with E-state index in [9.17, 15) is 4.39 Å². The third kappa shape index (κ3) is 4.60. The predicted octanol–water partition coefficient (Wildman–Crippen LogP) is 2.70. The lowest BCUT2D eigenvalue weighted by Crippen LogP contribution is -2.21. The third-order valence-corrected chi connectivity index (χ3v) is 2.94. The van der Waals surface area contributed by atoms with E-state index in [0.717, 1.165) is 17.4 Å².